The summed E-state index contributed by atoms with van der Waals surface area (Å²) >= 11 is 9.07. The van der Waals surface area contributed by atoms with Gasteiger partial charge >= 0.3 is 0 Å². The van der Waals surface area contributed by atoms with E-state index in [1.807, 2.05) is 0 Å². The highest BCUT2D eigenvalue weighted by Gasteiger charge is 2.10. The normalized spacial score (nSPS) is 10.1. The molecule has 4 nitrogen and oxygen atoms in total. The smallest absolute Gasteiger partial charge is 0.257 e. The predicted molar refractivity (Wildman–Crippen MR) is 65.7 cm³/mol. The number of hydrogen-bond acceptors (Lipinski definition) is 2. The van der Waals surface area contributed by atoms with Gasteiger partial charge in [0, 0.05) is 15.6 Å². The Bertz CT molecular complexity index is 513. The second-order valence-electron chi connectivity index (χ2n) is 3.05. The van der Waals surface area contributed by atoms with E-state index in [9.17, 15) is 4.79 Å². The number of hydrogen-bond donors (Lipinski definition) is 2. The summed E-state index contributed by atoms with van der Waals surface area (Å²) in [5, 5.41) is 9.62. The van der Waals surface area contributed by atoms with Crippen LogP contribution in [0.3, 0.4) is 0 Å². The van der Waals surface area contributed by atoms with E-state index in [0.717, 1.165) is 0 Å². The van der Waals surface area contributed by atoms with E-state index in [1.165, 1.54) is 0 Å². The van der Waals surface area contributed by atoms with Gasteiger partial charge in [-0.05, 0) is 34.1 Å². The van der Waals surface area contributed by atoms with Crippen LogP contribution >= 0.6 is 27.5 Å². The van der Waals surface area contributed by atoms with Crippen LogP contribution in [0.5, 0.6) is 0 Å². The van der Waals surface area contributed by atoms with Gasteiger partial charge in [-0.2, -0.15) is 5.10 Å². The molecule has 1 aromatic carbocycles. The molecule has 0 unspecified atom stereocenters. The van der Waals surface area contributed by atoms with Crippen LogP contribution in [0.1, 0.15) is 10.4 Å². The van der Waals surface area contributed by atoms with Crippen molar-refractivity contribution in [3.05, 3.63) is 45.5 Å². The van der Waals surface area contributed by atoms with Crippen molar-refractivity contribution in [1.29, 1.82) is 0 Å². The Kier molecular flexibility index (Phi) is 3.26. The van der Waals surface area contributed by atoms with Crippen LogP contribution in [0.15, 0.2) is 34.9 Å². The molecule has 0 spiro atoms. The third kappa shape index (κ3) is 2.43. The number of benzene rings is 1. The number of H-pyrrole nitrogens is 1. The van der Waals surface area contributed by atoms with Crippen LogP contribution in [-0.4, -0.2) is 16.1 Å². The first-order valence-corrected chi connectivity index (χ1v) is 5.59. The Morgan fingerprint density at radius 3 is 2.88 bits per heavy atom. The first-order valence-electron chi connectivity index (χ1n) is 4.42. The number of aromatic nitrogens is 2. The molecular formula is C10H7BrClN3O. The zero-order valence-corrected chi connectivity index (χ0v) is 10.3. The minimum Gasteiger partial charge on any atom is -0.307 e. The van der Waals surface area contributed by atoms with E-state index < -0.39 is 0 Å². The molecule has 2 rings (SSSR count). The maximum Gasteiger partial charge on any atom is 0.257 e. The SMILES string of the molecule is O=C(Nc1ccn[nH]1)c1ccc(Cl)cc1Br. The van der Waals surface area contributed by atoms with Crippen molar-refractivity contribution in [2.75, 3.05) is 5.32 Å². The van der Waals surface area contributed by atoms with Crippen molar-refractivity contribution in [3.8, 4) is 0 Å². The minimum absolute atomic E-state index is 0.229. The Morgan fingerprint density at radius 1 is 1.44 bits per heavy atom. The molecule has 0 aliphatic heterocycles. The van der Waals surface area contributed by atoms with E-state index in [1.54, 1.807) is 30.5 Å². The second-order valence-corrected chi connectivity index (χ2v) is 4.34. The number of amides is 1. The van der Waals surface area contributed by atoms with Gasteiger partial charge in [0.15, 0.2) is 0 Å². The Hall–Kier alpha value is -1.33. The molecule has 0 radical (unpaired) electrons. The Labute approximate surface area is 105 Å². The Balaban J connectivity index is 2.21. The number of halogens is 2. The quantitative estimate of drug-likeness (QED) is 0.895. The minimum atomic E-state index is -0.229. The van der Waals surface area contributed by atoms with Crippen LogP contribution in [0.2, 0.25) is 5.02 Å². The number of nitrogens with zero attached hydrogens (tertiary/aromatic N) is 1. The fourth-order valence-corrected chi connectivity index (χ4v) is 2.05. The van der Waals surface area contributed by atoms with E-state index >= 15 is 0 Å². The van der Waals surface area contributed by atoms with Crippen LogP contribution in [-0.2, 0) is 0 Å². The van der Waals surface area contributed by atoms with Gasteiger partial charge in [0.2, 0.25) is 0 Å². The molecule has 0 atom stereocenters. The maximum atomic E-state index is 11.8. The average molecular weight is 301 g/mol. The molecule has 0 saturated heterocycles. The fraction of sp³-hybridized carbons (Fsp3) is 0. The lowest BCUT2D eigenvalue weighted by Gasteiger charge is -2.04. The lowest BCUT2D eigenvalue weighted by molar-refractivity contribution is 0.102. The molecule has 1 aromatic heterocycles. The van der Waals surface area contributed by atoms with E-state index in [-0.39, 0.29) is 5.91 Å². The van der Waals surface area contributed by atoms with Gasteiger partial charge in [-0.3, -0.25) is 9.89 Å². The number of carbonyl (C=O) groups excluding carboxylic acids is 1. The van der Waals surface area contributed by atoms with Crippen molar-refractivity contribution in [2.24, 2.45) is 0 Å². The van der Waals surface area contributed by atoms with E-state index in [4.69, 9.17) is 11.6 Å². The molecule has 0 saturated carbocycles. The van der Waals surface area contributed by atoms with Gasteiger partial charge in [0.05, 0.1) is 11.8 Å². The molecule has 16 heavy (non-hydrogen) atoms. The third-order valence-electron chi connectivity index (χ3n) is 1.92. The van der Waals surface area contributed by atoms with Crippen molar-refractivity contribution < 1.29 is 4.79 Å². The van der Waals surface area contributed by atoms with Gasteiger partial charge in [-0.25, -0.2) is 0 Å². The predicted octanol–water partition coefficient (Wildman–Crippen LogP) is 3.08. The third-order valence-corrected chi connectivity index (χ3v) is 2.82. The second kappa shape index (κ2) is 4.67. The van der Waals surface area contributed by atoms with Gasteiger partial charge in [-0.1, -0.05) is 11.6 Å². The summed E-state index contributed by atoms with van der Waals surface area (Å²) in [6.07, 6.45) is 1.56. The summed E-state index contributed by atoms with van der Waals surface area (Å²) in [6.45, 7) is 0. The highest BCUT2D eigenvalue weighted by atomic mass is 79.9. The van der Waals surface area contributed by atoms with Crippen molar-refractivity contribution in [1.82, 2.24) is 10.2 Å². The molecule has 6 heteroatoms. The molecule has 0 bridgehead atoms. The van der Waals surface area contributed by atoms with Gasteiger partial charge in [-0.15, -0.1) is 0 Å². The summed E-state index contributed by atoms with van der Waals surface area (Å²) < 4.78 is 0.650. The van der Waals surface area contributed by atoms with Crippen LogP contribution in [0.4, 0.5) is 5.82 Å². The first kappa shape index (κ1) is 11.2. The van der Waals surface area contributed by atoms with Gasteiger partial charge < -0.3 is 5.32 Å². The van der Waals surface area contributed by atoms with Crippen molar-refractivity contribution in [3.63, 3.8) is 0 Å². The van der Waals surface area contributed by atoms with Crippen LogP contribution in [0, 0.1) is 0 Å². The zero-order valence-electron chi connectivity index (χ0n) is 8.00. The monoisotopic (exact) mass is 299 g/mol. The van der Waals surface area contributed by atoms with Crippen molar-refractivity contribution >= 4 is 39.3 Å². The molecule has 1 heterocycles. The number of anilines is 1. The number of aromatic amines is 1. The average Bonchev–Trinajstić information content (AvgIpc) is 2.70. The fourth-order valence-electron chi connectivity index (χ4n) is 1.19. The van der Waals surface area contributed by atoms with Gasteiger partial charge in [0.25, 0.3) is 5.91 Å². The summed E-state index contributed by atoms with van der Waals surface area (Å²) in [4.78, 5) is 11.8. The summed E-state index contributed by atoms with van der Waals surface area (Å²) in [6, 6.07) is 6.65. The van der Waals surface area contributed by atoms with E-state index in [0.29, 0.717) is 20.9 Å². The molecule has 2 N–H and O–H groups in total. The van der Waals surface area contributed by atoms with Crippen LogP contribution < -0.4 is 5.32 Å². The molecular weight excluding hydrogens is 293 g/mol. The summed E-state index contributed by atoms with van der Waals surface area (Å²) in [7, 11) is 0. The topological polar surface area (TPSA) is 57.8 Å². The first-order chi connectivity index (χ1) is 7.66. The summed E-state index contributed by atoms with van der Waals surface area (Å²) in [5.74, 6) is 0.319. The molecule has 0 fully saturated rings. The number of carbonyl (C=O) groups is 1. The van der Waals surface area contributed by atoms with E-state index in [2.05, 4.69) is 31.4 Å². The standard InChI is InChI=1S/C10H7BrClN3O/c11-8-5-6(12)1-2-7(8)10(16)14-9-3-4-13-15-9/h1-5H,(H2,13,14,15,16). The van der Waals surface area contributed by atoms with Crippen LogP contribution in [0.25, 0.3) is 0 Å². The molecule has 0 aliphatic rings. The largest absolute Gasteiger partial charge is 0.307 e. The maximum absolute atomic E-state index is 11.8. The lowest BCUT2D eigenvalue weighted by atomic mass is 10.2. The van der Waals surface area contributed by atoms with Gasteiger partial charge in [0.1, 0.15) is 5.82 Å². The number of nitrogens with one attached hydrogen (secondary N) is 2. The zero-order chi connectivity index (χ0) is 11.5. The summed E-state index contributed by atoms with van der Waals surface area (Å²) in [5.41, 5.74) is 0.513. The molecule has 0 aliphatic carbocycles. The number of rotatable bonds is 2. The van der Waals surface area contributed by atoms with Crippen molar-refractivity contribution in [2.45, 2.75) is 0 Å². The molecule has 82 valence electrons. The highest BCUT2D eigenvalue weighted by Crippen LogP contribution is 2.22. The lowest BCUT2D eigenvalue weighted by Crippen LogP contribution is -2.12. The molecule has 2 aromatic rings. The molecule has 1 amide bonds. The highest BCUT2D eigenvalue weighted by molar-refractivity contribution is 9.10. The Morgan fingerprint density at radius 2 is 2.25 bits per heavy atom.